The summed E-state index contributed by atoms with van der Waals surface area (Å²) in [7, 11) is 2.06. The molecule has 102 valence electrons. The van der Waals surface area contributed by atoms with Crippen molar-refractivity contribution in [1.29, 1.82) is 0 Å². The van der Waals surface area contributed by atoms with Crippen LogP contribution in [0.2, 0.25) is 0 Å². The Morgan fingerprint density at radius 1 is 1.22 bits per heavy atom. The van der Waals surface area contributed by atoms with E-state index in [1.54, 1.807) is 0 Å². The number of hydrogen-bond acceptors (Lipinski definition) is 2. The Labute approximate surface area is 117 Å². The summed E-state index contributed by atoms with van der Waals surface area (Å²) in [4.78, 5) is 0. The monoisotopic (exact) mass is 265 g/mol. The zero-order chi connectivity index (χ0) is 13.5. The second-order valence-corrected chi connectivity index (χ2v) is 6.61. The van der Waals surface area contributed by atoms with Gasteiger partial charge in [-0.1, -0.05) is 37.6 Å². The number of thioether (sulfide) groups is 1. The molecule has 0 amide bonds. The third-order valence-corrected chi connectivity index (χ3v) is 4.37. The fraction of sp³-hybridized carbons (Fsp3) is 0.625. The average Bonchev–Trinajstić information content (AvgIpc) is 2.30. The fourth-order valence-corrected chi connectivity index (χ4v) is 3.45. The zero-order valence-electron chi connectivity index (χ0n) is 12.4. The largest absolute Gasteiger partial charge is 0.312 e. The topological polar surface area (TPSA) is 12.0 Å². The number of aryl methyl sites for hydroxylation is 2. The Morgan fingerprint density at radius 2 is 1.94 bits per heavy atom. The van der Waals surface area contributed by atoms with Gasteiger partial charge in [-0.2, -0.15) is 11.8 Å². The Kier molecular flexibility index (Phi) is 6.80. The van der Waals surface area contributed by atoms with Crippen molar-refractivity contribution < 1.29 is 0 Å². The maximum atomic E-state index is 3.45. The lowest BCUT2D eigenvalue weighted by Gasteiger charge is -2.19. The van der Waals surface area contributed by atoms with E-state index >= 15 is 0 Å². The average molecular weight is 265 g/mol. The lowest BCUT2D eigenvalue weighted by atomic mass is 10.0. The Hall–Kier alpha value is -0.470. The van der Waals surface area contributed by atoms with Crippen LogP contribution >= 0.6 is 11.8 Å². The van der Waals surface area contributed by atoms with Crippen LogP contribution in [0.5, 0.6) is 0 Å². The summed E-state index contributed by atoms with van der Waals surface area (Å²) in [5, 5.41) is 3.45. The predicted molar refractivity (Wildman–Crippen MR) is 84.5 cm³/mol. The van der Waals surface area contributed by atoms with Gasteiger partial charge >= 0.3 is 0 Å². The summed E-state index contributed by atoms with van der Waals surface area (Å²) < 4.78 is 0. The van der Waals surface area contributed by atoms with Crippen LogP contribution in [0.3, 0.4) is 0 Å². The molecule has 0 saturated carbocycles. The van der Waals surface area contributed by atoms with E-state index in [4.69, 9.17) is 0 Å². The molecule has 1 aromatic carbocycles. The van der Waals surface area contributed by atoms with Crippen LogP contribution in [-0.4, -0.2) is 18.6 Å². The lowest BCUT2D eigenvalue weighted by Crippen LogP contribution is -2.20. The number of nitrogens with one attached hydrogen (secondary N) is 1. The van der Waals surface area contributed by atoms with Crippen molar-refractivity contribution in [1.82, 2.24) is 5.32 Å². The first-order chi connectivity index (χ1) is 8.54. The van der Waals surface area contributed by atoms with Gasteiger partial charge in [-0.05, 0) is 50.1 Å². The molecule has 1 nitrogen and oxygen atoms in total. The third kappa shape index (κ3) is 5.03. The lowest BCUT2D eigenvalue weighted by molar-refractivity contribution is 0.628. The molecule has 0 aliphatic rings. The van der Waals surface area contributed by atoms with Crippen molar-refractivity contribution in [3.63, 3.8) is 0 Å². The van der Waals surface area contributed by atoms with E-state index < -0.39 is 0 Å². The maximum Gasteiger partial charge on any atom is 0.0412 e. The zero-order valence-corrected chi connectivity index (χ0v) is 13.2. The summed E-state index contributed by atoms with van der Waals surface area (Å²) in [6.45, 7) is 8.95. The quantitative estimate of drug-likeness (QED) is 0.736. The van der Waals surface area contributed by atoms with Crippen molar-refractivity contribution in [2.24, 2.45) is 5.92 Å². The molecule has 0 bridgehead atoms. The highest BCUT2D eigenvalue weighted by atomic mass is 32.2. The van der Waals surface area contributed by atoms with Gasteiger partial charge in [0.25, 0.3) is 0 Å². The molecule has 0 heterocycles. The molecule has 0 spiro atoms. The van der Waals surface area contributed by atoms with Crippen molar-refractivity contribution in [3.05, 3.63) is 34.9 Å². The first-order valence-corrected chi connectivity index (χ1v) is 8.02. The van der Waals surface area contributed by atoms with E-state index in [0.29, 0.717) is 6.04 Å². The van der Waals surface area contributed by atoms with Crippen LogP contribution in [0.25, 0.3) is 0 Å². The molecule has 0 radical (unpaired) electrons. The molecule has 0 aliphatic heterocycles. The minimum Gasteiger partial charge on any atom is -0.312 e. The third-order valence-electron chi connectivity index (χ3n) is 3.27. The van der Waals surface area contributed by atoms with Crippen molar-refractivity contribution in [2.75, 3.05) is 18.6 Å². The molecule has 0 saturated heterocycles. The molecule has 18 heavy (non-hydrogen) atoms. The molecule has 1 N–H and O–H groups in total. The molecule has 1 aromatic rings. The first kappa shape index (κ1) is 15.6. The molecule has 1 unspecified atom stereocenters. The van der Waals surface area contributed by atoms with Crippen LogP contribution in [0.1, 0.15) is 43.0 Å². The van der Waals surface area contributed by atoms with Crippen LogP contribution in [0.15, 0.2) is 18.2 Å². The highest BCUT2D eigenvalue weighted by Crippen LogP contribution is 2.23. The summed E-state index contributed by atoms with van der Waals surface area (Å²) in [5.41, 5.74) is 4.19. The van der Waals surface area contributed by atoms with Crippen LogP contribution in [-0.2, 0) is 0 Å². The van der Waals surface area contributed by atoms with E-state index in [0.717, 1.165) is 11.7 Å². The normalized spacial score (nSPS) is 13.0. The fourth-order valence-electron chi connectivity index (χ4n) is 2.07. The van der Waals surface area contributed by atoms with E-state index in [-0.39, 0.29) is 0 Å². The molecule has 0 aromatic heterocycles. The molecule has 0 fully saturated rings. The van der Waals surface area contributed by atoms with Crippen LogP contribution < -0.4 is 5.32 Å². The van der Waals surface area contributed by atoms with E-state index in [1.807, 2.05) is 0 Å². The van der Waals surface area contributed by atoms with E-state index in [1.165, 1.54) is 28.9 Å². The summed E-state index contributed by atoms with van der Waals surface area (Å²) in [6, 6.07) is 7.24. The number of hydrogen-bond donors (Lipinski definition) is 1. The van der Waals surface area contributed by atoms with Gasteiger partial charge < -0.3 is 5.32 Å². The Balaban J connectivity index is 2.54. The predicted octanol–water partition coefficient (Wildman–Crippen LogP) is 4.34. The number of rotatable bonds is 7. The standard InChI is InChI=1S/C16H27NS/c1-12(2)8-9-18-11-16(17-5)15-7-6-13(3)10-14(15)4/h6-7,10,12,16-17H,8-9,11H2,1-5H3. The summed E-state index contributed by atoms with van der Waals surface area (Å²) >= 11 is 2.06. The smallest absolute Gasteiger partial charge is 0.0412 e. The first-order valence-electron chi connectivity index (χ1n) is 6.86. The Bertz CT molecular complexity index is 360. The Morgan fingerprint density at radius 3 is 2.50 bits per heavy atom. The molecular weight excluding hydrogens is 238 g/mol. The minimum absolute atomic E-state index is 0.475. The second kappa shape index (κ2) is 7.85. The summed E-state index contributed by atoms with van der Waals surface area (Å²) in [5.74, 6) is 3.24. The second-order valence-electron chi connectivity index (χ2n) is 5.46. The van der Waals surface area contributed by atoms with Gasteiger partial charge in [0.05, 0.1) is 0 Å². The van der Waals surface area contributed by atoms with Gasteiger partial charge in [-0.3, -0.25) is 0 Å². The number of benzene rings is 1. The van der Waals surface area contributed by atoms with Gasteiger partial charge in [0, 0.05) is 11.8 Å². The van der Waals surface area contributed by atoms with Crippen molar-refractivity contribution >= 4 is 11.8 Å². The molecule has 2 heteroatoms. The molecule has 1 atom stereocenters. The molecule has 0 aliphatic carbocycles. The van der Waals surface area contributed by atoms with Gasteiger partial charge in [0.15, 0.2) is 0 Å². The summed E-state index contributed by atoms with van der Waals surface area (Å²) in [6.07, 6.45) is 1.31. The maximum absolute atomic E-state index is 3.45. The van der Waals surface area contributed by atoms with Gasteiger partial charge in [0.2, 0.25) is 0 Å². The van der Waals surface area contributed by atoms with E-state index in [9.17, 15) is 0 Å². The van der Waals surface area contributed by atoms with Gasteiger partial charge in [0.1, 0.15) is 0 Å². The van der Waals surface area contributed by atoms with Gasteiger partial charge in [-0.15, -0.1) is 0 Å². The van der Waals surface area contributed by atoms with Gasteiger partial charge in [-0.25, -0.2) is 0 Å². The molecule has 1 rings (SSSR count). The molecular formula is C16H27NS. The van der Waals surface area contributed by atoms with E-state index in [2.05, 4.69) is 70.0 Å². The SMILES string of the molecule is CNC(CSCCC(C)C)c1ccc(C)cc1C. The minimum atomic E-state index is 0.475. The highest BCUT2D eigenvalue weighted by Gasteiger charge is 2.11. The van der Waals surface area contributed by atoms with Crippen molar-refractivity contribution in [2.45, 2.75) is 40.2 Å². The van der Waals surface area contributed by atoms with Crippen LogP contribution in [0, 0.1) is 19.8 Å². The van der Waals surface area contributed by atoms with Crippen molar-refractivity contribution in [3.8, 4) is 0 Å². The van der Waals surface area contributed by atoms with Crippen LogP contribution in [0.4, 0.5) is 0 Å². The highest BCUT2D eigenvalue weighted by molar-refractivity contribution is 7.99.